The van der Waals surface area contributed by atoms with Crippen molar-refractivity contribution in [3.05, 3.63) is 0 Å². The minimum absolute atomic E-state index is 0.0202. The van der Waals surface area contributed by atoms with Crippen LogP contribution in [0.4, 0.5) is 4.39 Å². The van der Waals surface area contributed by atoms with E-state index in [2.05, 4.69) is 0 Å². The van der Waals surface area contributed by atoms with Crippen LogP contribution >= 0.6 is 0 Å². The molecule has 1 atom stereocenters. The number of halogens is 1. The highest BCUT2D eigenvalue weighted by Crippen LogP contribution is 2.65. The van der Waals surface area contributed by atoms with Crippen molar-refractivity contribution in [2.24, 2.45) is 40.9 Å². The number of hydrogen-bond acceptors (Lipinski definition) is 2. The van der Waals surface area contributed by atoms with E-state index in [9.17, 15) is 8.42 Å². The van der Waals surface area contributed by atoms with Crippen LogP contribution < -0.4 is 0 Å². The van der Waals surface area contributed by atoms with Gasteiger partial charge in [0.2, 0.25) is 5.00 Å². The van der Waals surface area contributed by atoms with E-state index in [0.29, 0.717) is 17.8 Å². The van der Waals surface area contributed by atoms with Gasteiger partial charge in [-0.15, -0.1) is 0 Å². The minimum Gasteiger partial charge on any atom is -0.227 e. The molecule has 8 rings (SSSR count). The Morgan fingerprint density at radius 2 is 1.07 bits per heavy atom. The summed E-state index contributed by atoms with van der Waals surface area (Å²) in [6, 6.07) is 0. The summed E-state index contributed by atoms with van der Waals surface area (Å²) in [6.07, 6.45) is 13.4. The molecule has 152 valence electrons. The minimum atomic E-state index is -3.77. The van der Waals surface area contributed by atoms with Crippen LogP contribution in [0.15, 0.2) is 0 Å². The zero-order valence-corrected chi connectivity index (χ0v) is 17.6. The van der Waals surface area contributed by atoms with E-state index in [1.807, 2.05) is 0 Å². The summed E-state index contributed by atoms with van der Waals surface area (Å²) < 4.78 is 43.3. The van der Waals surface area contributed by atoms with Crippen molar-refractivity contribution < 1.29 is 12.8 Å². The van der Waals surface area contributed by atoms with E-state index in [-0.39, 0.29) is 11.8 Å². The summed E-state index contributed by atoms with van der Waals surface area (Å²) in [5.41, 5.74) is -0.0202. The Bertz CT molecular complexity index is 682. The predicted molar refractivity (Wildman–Crippen MR) is 105 cm³/mol. The van der Waals surface area contributed by atoms with Crippen LogP contribution in [0, 0.1) is 40.9 Å². The first kappa shape index (κ1) is 17.7. The molecule has 8 aliphatic rings. The van der Waals surface area contributed by atoms with E-state index in [0.717, 1.165) is 56.3 Å². The van der Waals surface area contributed by atoms with E-state index in [1.165, 1.54) is 45.4 Å². The quantitative estimate of drug-likeness (QED) is 0.616. The first-order valence-electron chi connectivity index (χ1n) is 11.6. The lowest BCUT2D eigenvalue weighted by molar-refractivity contribution is -0.0713. The highest BCUT2D eigenvalue weighted by molar-refractivity contribution is 7.94. The van der Waals surface area contributed by atoms with Gasteiger partial charge in [-0.25, -0.2) is 12.8 Å². The van der Waals surface area contributed by atoms with Gasteiger partial charge in [-0.05, 0) is 125 Å². The van der Waals surface area contributed by atoms with Gasteiger partial charge >= 0.3 is 0 Å². The zero-order valence-electron chi connectivity index (χ0n) is 16.8. The van der Waals surface area contributed by atoms with Crippen molar-refractivity contribution >= 4 is 9.84 Å². The highest BCUT2D eigenvalue weighted by atomic mass is 32.2. The Kier molecular flexibility index (Phi) is 3.49. The van der Waals surface area contributed by atoms with Gasteiger partial charge < -0.3 is 0 Å². The Balaban J connectivity index is 1.31. The molecule has 8 fully saturated rings. The molecule has 0 saturated heterocycles. The highest BCUT2D eigenvalue weighted by Gasteiger charge is 2.64. The number of sulfone groups is 1. The van der Waals surface area contributed by atoms with Crippen molar-refractivity contribution in [1.29, 1.82) is 0 Å². The fourth-order valence-corrected chi connectivity index (χ4v) is 12.8. The average Bonchev–Trinajstić information content (AvgIpc) is 2.50. The van der Waals surface area contributed by atoms with Crippen LogP contribution in [-0.2, 0) is 9.84 Å². The molecule has 0 radical (unpaired) electrons. The molecule has 8 bridgehead atoms. The molecule has 0 heterocycles. The number of hydrogen-bond donors (Lipinski definition) is 0. The first-order chi connectivity index (χ1) is 12.7. The van der Waals surface area contributed by atoms with Gasteiger partial charge in [0.15, 0.2) is 9.84 Å². The van der Waals surface area contributed by atoms with Crippen LogP contribution in [-0.4, -0.2) is 18.2 Å². The average molecular weight is 395 g/mol. The summed E-state index contributed by atoms with van der Waals surface area (Å²) in [5.74, 6) is 3.86. The molecule has 0 aliphatic heterocycles. The maximum absolute atomic E-state index is 16.3. The lowest BCUT2D eigenvalue weighted by atomic mass is 9.48. The molecule has 8 aliphatic carbocycles. The molecule has 0 aromatic carbocycles. The van der Waals surface area contributed by atoms with Crippen LogP contribution in [0.2, 0.25) is 0 Å². The molecule has 2 nitrogen and oxygen atoms in total. The second-order valence-electron chi connectivity index (χ2n) is 12.3. The zero-order chi connectivity index (χ0) is 18.7. The monoisotopic (exact) mass is 394 g/mol. The third kappa shape index (κ3) is 2.43. The van der Waals surface area contributed by atoms with Crippen LogP contribution in [0.25, 0.3) is 0 Å². The second-order valence-corrected chi connectivity index (χ2v) is 15.0. The fraction of sp³-hybridized carbons (Fsp3) is 1.00. The fourth-order valence-electron chi connectivity index (χ4n) is 10.1. The van der Waals surface area contributed by atoms with E-state index >= 15 is 4.39 Å². The predicted octanol–water partition coefficient (Wildman–Crippen LogP) is 5.66. The van der Waals surface area contributed by atoms with E-state index in [4.69, 9.17) is 0 Å². The van der Waals surface area contributed by atoms with Gasteiger partial charge in [-0.2, -0.15) is 0 Å². The molecule has 8 saturated carbocycles. The molecular weight excluding hydrogens is 359 g/mol. The third-order valence-electron chi connectivity index (χ3n) is 9.97. The first-order valence-corrected chi connectivity index (χ1v) is 13.1. The van der Waals surface area contributed by atoms with Crippen molar-refractivity contribution in [2.45, 2.75) is 100 Å². The summed E-state index contributed by atoms with van der Waals surface area (Å²) in [6.45, 7) is 1.46. The Labute approximate surface area is 164 Å². The smallest absolute Gasteiger partial charge is 0.209 e. The van der Waals surface area contributed by atoms with Crippen molar-refractivity contribution in [3.63, 3.8) is 0 Å². The lowest BCUT2D eigenvalue weighted by Crippen LogP contribution is -2.60. The molecule has 27 heavy (non-hydrogen) atoms. The SMILES string of the molecule is CC(F)(CC12CC3CC(CC(C3)C1)C2)S(=O)(=O)C12CC3CC(CC(C3)C1)C2. The molecule has 0 N–H and O–H groups in total. The van der Waals surface area contributed by atoms with Crippen LogP contribution in [0.1, 0.15) is 90.4 Å². The summed E-state index contributed by atoms with van der Waals surface area (Å²) in [7, 11) is -3.77. The van der Waals surface area contributed by atoms with Gasteiger partial charge in [-0.1, -0.05) is 0 Å². The summed E-state index contributed by atoms with van der Waals surface area (Å²) in [4.78, 5) is 0. The van der Waals surface area contributed by atoms with Crippen molar-refractivity contribution in [3.8, 4) is 0 Å². The molecule has 4 heteroatoms. The Morgan fingerprint density at radius 1 is 0.741 bits per heavy atom. The molecule has 0 spiro atoms. The van der Waals surface area contributed by atoms with Gasteiger partial charge in [0.1, 0.15) is 0 Å². The van der Waals surface area contributed by atoms with Crippen LogP contribution in [0.5, 0.6) is 0 Å². The molecule has 0 aromatic rings. The van der Waals surface area contributed by atoms with E-state index in [1.54, 1.807) is 0 Å². The molecule has 0 amide bonds. The van der Waals surface area contributed by atoms with Gasteiger partial charge in [0.25, 0.3) is 0 Å². The topological polar surface area (TPSA) is 34.1 Å². The van der Waals surface area contributed by atoms with Gasteiger partial charge in [-0.3, -0.25) is 0 Å². The van der Waals surface area contributed by atoms with Crippen LogP contribution in [0.3, 0.4) is 0 Å². The molecule has 1 unspecified atom stereocenters. The van der Waals surface area contributed by atoms with Crippen molar-refractivity contribution in [2.75, 3.05) is 0 Å². The maximum atomic E-state index is 16.3. The summed E-state index contributed by atoms with van der Waals surface area (Å²) in [5, 5.41) is -2.04. The Morgan fingerprint density at radius 3 is 1.44 bits per heavy atom. The normalized spacial score (nSPS) is 55.0. The maximum Gasteiger partial charge on any atom is 0.209 e. The Hall–Kier alpha value is -0.120. The lowest BCUT2D eigenvalue weighted by Gasteiger charge is -2.59. The summed E-state index contributed by atoms with van der Waals surface area (Å²) >= 11 is 0. The number of rotatable bonds is 4. The van der Waals surface area contributed by atoms with Crippen molar-refractivity contribution in [1.82, 2.24) is 0 Å². The van der Waals surface area contributed by atoms with Gasteiger partial charge in [0, 0.05) is 6.42 Å². The molecular formula is C23H35FO2S. The third-order valence-corrected chi connectivity index (χ3v) is 12.9. The van der Waals surface area contributed by atoms with E-state index < -0.39 is 19.6 Å². The largest absolute Gasteiger partial charge is 0.227 e. The second kappa shape index (κ2) is 5.32. The number of alkyl halides is 1. The van der Waals surface area contributed by atoms with Gasteiger partial charge in [0.05, 0.1) is 4.75 Å². The standard InChI is InChI=1S/C23H35FO2S/c1-21(24,14-22-8-15-2-16(9-22)4-17(3-15)10-22)27(25,26)23-11-18-5-19(12-23)7-20(6-18)13-23/h15-20H,2-14H2,1H3. The molecule has 0 aromatic heterocycles.